The Morgan fingerprint density at radius 3 is 2.60 bits per heavy atom. The molecule has 1 fully saturated rings. The van der Waals surface area contributed by atoms with Crippen LogP contribution in [0.4, 0.5) is 0 Å². The summed E-state index contributed by atoms with van der Waals surface area (Å²) in [5, 5.41) is 6.08. The average Bonchev–Trinajstić information content (AvgIpc) is 2.19. The van der Waals surface area contributed by atoms with Crippen LogP contribution in [0.3, 0.4) is 0 Å². The van der Waals surface area contributed by atoms with Gasteiger partial charge in [-0.15, -0.1) is 12.4 Å². The lowest BCUT2D eigenvalue weighted by Gasteiger charge is -2.25. The van der Waals surface area contributed by atoms with Crippen LogP contribution in [-0.2, 0) is 9.53 Å². The Balaban J connectivity index is 0.00000196. The summed E-state index contributed by atoms with van der Waals surface area (Å²) >= 11 is 0. The molecule has 90 valence electrons. The highest BCUT2D eigenvalue weighted by molar-refractivity contribution is 5.85. The standard InChI is InChI=1S/C10H20N2O2.ClH/c1-7(2)8(3)12-10(13)9-6-11-4-5-14-9;/h7-9,11H,4-6H2,1-3H3,(H,12,13);1H/t8?,9-;/m0./s1. The van der Waals surface area contributed by atoms with Crippen molar-refractivity contribution in [3.63, 3.8) is 0 Å². The van der Waals surface area contributed by atoms with Crippen molar-refractivity contribution >= 4 is 18.3 Å². The number of carbonyl (C=O) groups is 1. The molecule has 0 bridgehead atoms. The minimum Gasteiger partial charge on any atom is -0.366 e. The molecule has 1 unspecified atom stereocenters. The van der Waals surface area contributed by atoms with Gasteiger partial charge >= 0.3 is 0 Å². The third-order valence-corrected chi connectivity index (χ3v) is 2.59. The van der Waals surface area contributed by atoms with Gasteiger partial charge < -0.3 is 15.4 Å². The third kappa shape index (κ3) is 4.82. The number of morpholine rings is 1. The molecule has 1 aliphatic rings. The monoisotopic (exact) mass is 236 g/mol. The zero-order valence-corrected chi connectivity index (χ0v) is 10.4. The number of nitrogens with one attached hydrogen (secondary N) is 2. The van der Waals surface area contributed by atoms with E-state index < -0.39 is 0 Å². The van der Waals surface area contributed by atoms with Crippen molar-refractivity contribution in [2.24, 2.45) is 5.92 Å². The maximum Gasteiger partial charge on any atom is 0.250 e. The van der Waals surface area contributed by atoms with Gasteiger partial charge in [0.15, 0.2) is 0 Å². The molecule has 1 rings (SSSR count). The molecule has 0 aliphatic carbocycles. The Morgan fingerprint density at radius 1 is 1.47 bits per heavy atom. The van der Waals surface area contributed by atoms with Gasteiger partial charge in [-0.1, -0.05) is 13.8 Å². The zero-order chi connectivity index (χ0) is 10.6. The van der Waals surface area contributed by atoms with Crippen LogP contribution in [0.15, 0.2) is 0 Å². The SMILES string of the molecule is CC(C)C(C)NC(=O)[C@@H]1CNCCO1.Cl. The molecule has 0 spiro atoms. The molecule has 0 aromatic rings. The predicted octanol–water partition coefficient (Wildman–Crippen LogP) is 0.557. The maximum absolute atomic E-state index is 11.6. The van der Waals surface area contributed by atoms with Gasteiger partial charge in [0.25, 0.3) is 5.91 Å². The van der Waals surface area contributed by atoms with E-state index in [0.29, 0.717) is 19.1 Å². The van der Waals surface area contributed by atoms with Gasteiger partial charge in [-0.05, 0) is 12.8 Å². The smallest absolute Gasteiger partial charge is 0.250 e. The second kappa shape index (κ2) is 7.04. The van der Waals surface area contributed by atoms with E-state index in [1.54, 1.807) is 0 Å². The topological polar surface area (TPSA) is 50.4 Å². The molecule has 2 N–H and O–H groups in total. The Morgan fingerprint density at radius 2 is 2.13 bits per heavy atom. The van der Waals surface area contributed by atoms with E-state index in [2.05, 4.69) is 24.5 Å². The van der Waals surface area contributed by atoms with E-state index in [9.17, 15) is 4.79 Å². The minimum atomic E-state index is -0.315. The van der Waals surface area contributed by atoms with E-state index >= 15 is 0 Å². The van der Waals surface area contributed by atoms with Crippen molar-refractivity contribution in [3.05, 3.63) is 0 Å². The Hall–Kier alpha value is -0.320. The third-order valence-electron chi connectivity index (χ3n) is 2.59. The van der Waals surface area contributed by atoms with Crippen molar-refractivity contribution in [1.82, 2.24) is 10.6 Å². The summed E-state index contributed by atoms with van der Waals surface area (Å²) in [6.45, 7) is 8.27. The van der Waals surface area contributed by atoms with Gasteiger partial charge in [0.2, 0.25) is 0 Å². The van der Waals surface area contributed by atoms with Gasteiger partial charge in [0, 0.05) is 19.1 Å². The number of carbonyl (C=O) groups excluding carboxylic acids is 1. The van der Waals surface area contributed by atoms with Crippen LogP contribution in [0, 0.1) is 5.92 Å². The lowest BCUT2D eigenvalue weighted by molar-refractivity contribution is -0.135. The average molecular weight is 237 g/mol. The molecule has 0 aromatic carbocycles. The largest absolute Gasteiger partial charge is 0.366 e. The summed E-state index contributed by atoms with van der Waals surface area (Å²) in [7, 11) is 0. The fraction of sp³-hybridized carbons (Fsp3) is 0.900. The van der Waals surface area contributed by atoms with Crippen LogP contribution in [0.1, 0.15) is 20.8 Å². The van der Waals surface area contributed by atoms with E-state index in [1.165, 1.54) is 0 Å². The molecule has 0 aromatic heterocycles. The Labute approximate surface area is 97.5 Å². The summed E-state index contributed by atoms with van der Waals surface area (Å²) in [6.07, 6.45) is -0.315. The molecular formula is C10H21ClN2O2. The van der Waals surface area contributed by atoms with E-state index in [4.69, 9.17) is 4.74 Å². The number of amides is 1. The zero-order valence-electron chi connectivity index (χ0n) is 9.58. The first kappa shape index (κ1) is 14.7. The Kier molecular flexibility index (Phi) is 6.89. The first-order chi connectivity index (χ1) is 6.61. The van der Waals surface area contributed by atoms with Crippen molar-refractivity contribution in [1.29, 1.82) is 0 Å². The summed E-state index contributed by atoms with van der Waals surface area (Å²) in [5.74, 6) is 0.453. The Bertz CT molecular complexity index is 194. The van der Waals surface area contributed by atoms with Crippen LogP contribution in [0.25, 0.3) is 0 Å². The summed E-state index contributed by atoms with van der Waals surface area (Å²) in [6, 6.07) is 0.202. The lowest BCUT2D eigenvalue weighted by Crippen LogP contribution is -2.50. The second-order valence-electron chi connectivity index (χ2n) is 4.10. The van der Waals surface area contributed by atoms with Gasteiger partial charge in [-0.25, -0.2) is 0 Å². The highest BCUT2D eigenvalue weighted by Crippen LogP contribution is 2.02. The lowest BCUT2D eigenvalue weighted by atomic mass is 10.1. The molecule has 1 saturated heterocycles. The molecule has 2 atom stereocenters. The van der Waals surface area contributed by atoms with Crippen molar-refractivity contribution < 1.29 is 9.53 Å². The highest BCUT2D eigenvalue weighted by Gasteiger charge is 2.23. The molecule has 1 heterocycles. The number of ether oxygens (including phenoxy) is 1. The maximum atomic E-state index is 11.6. The normalized spacial score (nSPS) is 23.1. The predicted molar refractivity (Wildman–Crippen MR) is 62.3 cm³/mol. The molecule has 15 heavy (non-hydrogen) atoms. The van der Waals surface area contributed by atoms with E-state index in [-0.39, 0.29) is 30.5 Å². The number of halogens is 1. The molecule has 5 heteroatoms. The van der Waals surface area contributed by atoms with Crippen LogP contribution in [0.2, 0.25) is 0 Å². The van der Waals surface area contributed by atoms with Crippen molar-refractivity contribution in [2.45, 2.75) is 32.9 Å². The van der Waals surface area contributed by atoms with Crippen LogP contribution >= 0.6 is 12.4 Å². The highest BCUT2D eigenvalue weighted by atomic mass is 35.5. The fourth-order valence-electron chi connectivity index (χ4n) is 1.22. The van der Waals surface area contributed by atoms with Gasteiger partial charge in [-0.2, -0.15) is 0 Å². The summed E-state index contributed by atoms with van der Waals surface area (Å²) in [4.78, 5) is 11.6. The molecule has 0 radical (unpaired) electrons. The van der Waals surface area contributed by atoms with E-state index in [0.717, 1.165) is 6.54 Å². The summed E-state index contributed by atoms with van der Waals surface area (Å²) in [5.41, 5.74) is 0. The van der Waals surface area contributed by atoms with Gasteiger partial charge in [0.05, 0.1) is 6.61 Å². The molecule has 1 amide bonds. The number of hydrogen-bond donors (Lipinski definition) is 2. The number of hydrogen-bond acceptors (Lipinski definition) is 3. The molecule has 1 aliphatic heterocycles. The molecular weight excluding hydrogens is 216 g/mol. The minimum absolute atomic E-state index is 0. The van der Waals surface area contributed by atoms with Crippen LogP contribution in [0.5, 0.6) is 0 Å². The van der Waals surface area contributed by atoms with Crippen molar-refractivity contribution in [2.75, 3.05) is 19.7 Å². The second-order valence-corrected chi connectivity index (χ2v) is 4.10. The first-order valence-electron chi connectivity index (χ1n) is 5.24. The van der Waals surface area contributed by atoms with Crippen LogP contribution < -0.4 is 10.6 Å². The molecule has 0 saturated carbocycles. The van der Waals surface area contributed by atoms with E-state index in [1.807, 2.05) is 6.92 Å². The van der Waals surface area contributed by atoms with Gasteiger partial charge in [0.1, 0.15) is 6.10 Å². The number of rotatable bonds is 3. The van der Waals surface area contributed by atoms with Crippen molar-refractivity contribution in [3.8, 4) is 0 Å². The fourth-order valence-corrected chi connectivity index (χ4v) is 1.22. The quantitative estimate of drug-likeness (QED) is 0.753. The molecule has 4 nitrogen and oxygen atoms in total. The summed E-state index contributed by atoms with van der Waals surface area (Å²) < 4.78 is 5.35. The first-order valence-corrected chi connectivity index (χ1v) is 5.24. The van der Waals surface area contributed by atoms with Crippen LogP contribution in [-0.4, -0.2) is 37.7 Å². The van der Waals surface area contributed by atoms with Gasteiger partial charge in [-0.3, -0.25) is 4.79 Å².